The maximum Gasteiger partial charge on any atom is 0.338 e. The maximum atomic E-state index is 12.6. The maximum absolute atomic E-state index is 12.6. The largest absolute Gasteiger partial charge is 0.496 e. The number of carbonyl (C=O) groups is 2. The van der Waals surface area contributed by atoms with Crippen molar-refractivity contribution in [2.45, 2.75) is 39.2 Å². The second-order valence-electron chi connectivity index (χ2n) is 5.81. The number of ether oxygens (including phenoxy) is 2. The summed E-state index contributed by atoms with van der Waals surface area (Å²) in [5.41, 5.74) is 1.68. The monoisotopic (exact) mass is 410 g/mol. The summed E-state index contributed by atoms with van der Waals surface area (Å²) in [5, 5.41) is 5.43. The van der Waals surface area contributed by atoms with E-state index < -0.39 is 12.0 Å². The van der Waals surface area contributed by atoms with Gasteiger partial charge in [-0.05, 0) is 47.0 Å². The summed E-state index contributed by atoms with van der Waals surface area (Å²) in [6.45, 7) is 4.16. The smallest absolute Gasteiger partial charge is 0.338 e. The van der Waals surface area contributed by atoms with Gasteiger partial charge in [-0.2, -0.15) is 0 Å². The standard InChI is InChI=1S/C18H23BrN2O4/c1-4-5-6-9-25-17(22)15-11(2)20-18(23)21-16(15)12-7-8-14(24-3)13(19)10-12/h7-8,10,16H,4-6,9H2,1-3H3,(H2,20,21,23). The number of nitrogens with one attached hydrogen (secondary N) is 2. The molecule has 2 amide bonds. The lowest BCUT2D eigenvalue weighted by molar-refractivity contribution is -0.139. The predicted molar refractivity (Wildman–Crippen MR) is 98.3 cm³/mol. The average molecular weight is 411 g/mol. The molecule has 25 heavy (non-hydrogen) atoms. The van der Waals surface area contributed by atoms with Crippen molar-refractivity contribution in [1.82, 2.24) is 10.6 Å². The first-order chi connectivity index (χ1) is 12.0. The third-order valence-corrected chi connectivity index (χ3v) is 4.60. The fraction of sp³-hybridized carbons (Fsp3) is 0.444. The summed E-state index contributed by atoms with van der Waals surface area (Å²) >= 11 is 3.43. The number of carbonyl (C=O) groups excluding carboxylic acids is 2. The van der Waals surface area contributed by atoms with Crippen LogP contribution >= 0.6 is 15.9 Å². The molecule has 6 nitrogen and oxygen atoms in total. The first kappa shape index (κ1) is 19.3. The van der Waals surface area contributed by atoms with Crippen LogP contribution in [0.1, 0.15) is 44.7 Å². The topological polar surface area (TPSA) is 76.7 Å². The van der Waals surface area contributed by atoms with E-state index in [4.69, 9.17) is 9.47 Å². The van der Waals surface area contributed by atoms with Crippen molar-refractivity contribution in [3.63, 3.8) is 0 Å². The van der Waals surface area contributed by atoms with Crippen molar-refractivity contribution >= 4 is 27.9 Å². The number of amides is 2. The van der Waals surface area contributed by atoms with Crippen LogP contribution in [0.2, 0.25) is 0 Å². The second kappa shape index (κ2) is 8.89. The minimum absolute atomic E-state index is 0.350. The minimum atomic E-state index is -0.574. The number of halogens is 1. The fourth-order valence-electron chi connectivity index (χ4n) is 2.67. The molecule has 1 unspecified atom stereocenters. The highest BCUT2D eigenvalue weighted by atomic mass is 79.9. The number of hydrogen-bond donors (Lipinski definition) is 2. The molecular weight excluding hydrogens is 388 g/mol. The zero-order valence-electron chi connectivity index (χ0n) is 14.6. The molecule has 0 fully saturated rings. The minimum Gasteiger partial charge on any atom is -0.496 e. The normalized spacial score (nSPS) is 17.0. The molecular formula is C18H23BrN2O4. The lowest BCUT2D eigenvalue weighted by Crippen LogP contribution is -2.45. The van der Waals surface area contributed by atoms with Crippen molar-refractivity contribution in [3.05, 3.63) is 39.5 Å². The molecule has 0 bridgehead atoms. The summed E-state index contributed by atoms with van der Waals surface area (Å²) in [6.07, 6.45) is 2.89. The van der Waals surface area contributed by atoms with Crippen LogP contribution in [-0.2, 0) is 9.53 Å². The number of benzene rings is 1. The number of urea groups is 1. The third kappa shape index (κ3) is 4.75. The van der Waals surface area contributed by atoms with E-state index in [-0.39, 0.29) is 6.03 Å². The van der Waals surface area contributed by atoms with Gasteiger partial charge in [0.2, 0.25) is 0 Å². The Kier molecular flexibility index (Phi) is 6.87. The van der Waals surface area contributed by atoms with E-state index in [0.29, 0.717) is 23.6 Å². The zero-order valence-corrected chi connectivity index (χ0v) is 16.2. The molecule has 1 aliphatic heterocycles. The molecule has 0 saturated carbocycles. The summed E-state index contributed by atoms with van der Waals surface area (Å²) in [7, 11) is 1.58. The molecule has 0 radical (unpaired) electrons. The van der Waals surface area contributed by atoms with E-state index in [1.807, 2.05) is 12.1 Å². The summed E-state index contributed by atoms with van der Waals surface area (Å²) in [6, 6.07) is 4.50. The molecule has 136 valence electrons. The molecule has 1 aromatic carbocycles. The van der Waals surface area contributed by atoms with Gasteiger partial charge in [-0.3, -0.25) is 0 Å². The van der Waals surface area contributed by atoms with E-state index in [1.165, 1.54) is 0 Å². The molecule has 7 heteroatoms. The van der Waals surface area contributed by atoms with Crippen LogP contribution in [0, 0.1) is 0 Å². The van der Waals surface area contributed by atoms with Gasteiger partial charge < -0.3 is 20.1 Å². The summed E-state index contributed by atoms with van der Waals surface area (Å²) in [5.74, 6) is 0.256. The molecule has 0 aromatic heterocycles. The Balaban J connectivity index is 2.27. The van der Waals surface area contributed by atoms with E-state index >= 15 is 0 Å². The summed E-state index contributed by atoms with van der Waals surface area (Å²) in [4.78, 5) is 24.5. The number of rotatable bonds is 7. The van der Waals surface area contributed by atoms with Gasteiger partial charge in [-0.1, -0.05) is 25.8 Å². The lowest BCUT2D eigenvalue weighted by atomic mass is 9.95. The van der Waals surface area contributed by atoms with E-state index in [0.717, 1.165) is 29.3 Å². The van der Waals surface area contributed by atoms with Crippen LogP contribution in [0.15, 0.2) is 33.9 Å². The van der Waals surface area contributed by atoms with Crippen LogP contribution in [0.4, 0.5) is 4.79 Å². The molecule has 1 aliphatic rings. The van der Waals surface area contributed by atoms with Crippen LogP contribution in [0.25, 0.3) is 0 Å². The first-order valence-corrected chi connectivity index (χ1v) is 9.06. The van der Waals surface area contributed by atoms with Gasteiger partial charge in [0.25, 0.3) is 0 Å². The van der Waals surface area contributed by atoms with Crippen LogP contribution < -0.4 is 15.4 Å². The van der Waals surface area contributed by atoms with Crippen molar-refractivity contribution < 1.29 is 19.1 Å². The fourth-order valence-corrected chi connectivity index (χ4v) is 3.23. The van der Waals surface area contributed by atoms with Gasteiger partial charge in [0, 0.05) is 5.70 Å². The molecule has 0 spiro atoms. The Morgan fingerprint density at radius 3 is 2.72 bits per heavy atom. The Bertz CT molecular complexity index is 688. The SMILES string of the molecule is CCCCCOC(=O)C1=C(C)NC(=O)NC1c1ccc(OC)c(Br)c1. The Morgan fingerprint density at radius 1 is 1.32 bits per heavy atom. The van der Waals surface area contributed by atoms with Gasteiger partial charge >= 0.3 is 12.0 Å². The number of hydrogen-bond acceptors (Lipinski definition) is 4. The lowest BCUT2D eigenvalue weighted by Gasteiger charge is -2.28. The van der Waals surface area contributed by atoms with Gasteiger partial charge in [0.05, 0.1) is 29.8 Å². The average Bonchev–Trinajstić information content (AvgIpc) is 2.57. The van der Waals surface area contributed by atoms with Crippen LogP contribution in [0.5, 0.6) is 5.75 Å². The van der Waals surface area contributed by atoms with Crippen molar-refractivity contribution in [3.8, 4) is 5.75 Å². The molecule has 1 aromatic rings. The summed E-state index contributed by atoms with van der Waals surface area (Å²) < 4.78 is 11.4. The van der Waals surface area contributed by atoms with Gasteiger partial charge in [0.1, 0.15) is 5.75 Å². The molecule has 2 rings (SSSR count). The van der Waals surface area contributed by atoms with E-state index in [9.17, 15) is 9.59 Å². The van der Waals surface area contributed by atoms with Crippen molar-refractivity contribution in [2.75, 3.05) is 13.7 Å². The highest BCUT2D eigenvalue weighted by Gasteiger charge is 2.32. The number of unbranched alkanes of at least 4 members (excludes halogenated alkanes) is 2. The molecule has 1 atom stereocenters. The van der Waals surface area contributed by atoms with Crippen molar-refractivity contribution in [2.24, 2.45) is 0 Å². The number of methoxy groups -OCH3 is 1. The molecule has 2 N–H and O–H groups in total. The van der Waals surface area contributed by atoms with Crippen LogP contribution in [-0.4, -0.2) is 25.7 Å². The Hall–Kier alpha value is -2.02. The quantitative estimate of drug-likeness (QED) is 0.528. The van der Waals surface area contributed by atoms with Gasteiger partial charge in [0.15, 0.2) is 0 Å². The van der Waals surface area contributed by atoms with Gasteiger partial charge in [-0.25, -0.2) is 9.59 Å². The van der Waals surface area contributed by atoms with E-state index in [1.54, 1.807) is 20.1 Å². The molecule has 1 heterocycles. The van der Waals surface area contributed by atoms with E-state index in [2.05, 4.69) is 33.5 Å². The first-order valence-electron chi connectivity index (χ1n) is 8.26. The highest BCUT2D eigenvalue weighted by Crippen LogP contribution is 2.33. The predicted octanol–water partition coefficient (Wildman–Crippen LogP) is 3.82. The Labute approximate surface area is 156 Å². The zero-order chi connectivity index (χ0) is 18.4. The molecule has 0 aliphatic carbocycles. The van der Waals surface area contributed by atoms with Gasteiger partial charge in [-0.15, -0.1) is 0 Å². The number of allylic oxidation sites excluding steroid dienone is 1. The second-order valence-corrected chi connectivity index (χ2v) is 6.66. The number of esters is 1. The Morgan fingerprint density at radius 2 is 2.08 bits per heavy atom. The van der Waals surface area contributed by atoms with Crippen molar-refractivity contribution in [1.29, 1.82) is 0 Å². The third-order valence-electron chi connectivity index (χ3n) is 3.98. The highest BCUT2D eigenvalue weighted by molar-refractivity contribution is 9.10. The molecule has 0 saturated heterocycles. The van der Waals surface area contributed by atoms with Crippen LogP contribution in [0.3, 0.4) is 0 Å².